The summed E-state index contributed by atoms with van der Waals surface area (Å²) >= 11 is 0. The van der Waals surface area contributed by atoms with Crippen molar-refractivity contribution in [3.63, 3.8) is 0 Å². The molecule has 0 saturated carbocycles. The Balaban J connectivity index is 1.99. The maximum absolute atomic E-state index is 12.3. The lowest BCUT2D eigenvalue weighted by Crippen LogP contribution is -2.42. The van der Waals surface area contributed by atoms with Crippen LogP contribution in [0.25, 0.3) is 0 Å². The van der Waals surface area contributed by atoms with Gasteiger partial charge in [0.05, 0.1) is 7.11 Å². The lowest BCUT2D eigenvalue weighted by Gasteiger charge is -2.32. The number of aliphatic hydroxyl groups excluding tert-OH is 1. The van der Waals surface area contributed by atoms with E-state index in [1.165, 1.54) is 0 Å². The van der Waals surface area contributed by atoms with Crippen LogP contribution in [-0.2, 0) is 4.79 Å². The van der Waals surface area contributed by atoms with E-state index in [-0.39, 0.29) is 17.9 Å². The summed E-state index contributed by atoms with van der Waals surface area (Å²) in [6, 6.07) is 5.12. The fourth-order valence-electron chi connectivity index (χ4n) is 2.91. The van der Waals surface area contributed by atoms with Crippen LogP contribution in [0.15, 0.2) is 18.2 Å². The number of ether oxygens (including phenoxy) is 2. The largest absolute Gasteiger partial charge is 0.493 e. The molecule has 1 fully saturated rings. The molecule has 1 aromatic rings. The van der Waals surface area contributed by atoms with Crippen molar-refractivity contribution in [1.29, 1.82) is 0 Å². The molecule has 2 rings (SSSR count). The van der Waals surface area contributed by atoms with E-state index in [9.17, 15) is 9.59 Å². The zero-order valence-corrected chi connectivity index (χ0v) is 16.2. The molecule has 0 aromatic heterocycles. The second kappa shape index (κ2) is 10.1. The van der Waals surface area contributed by atoms with Crippen LogP contribution in [0.1, 0.15) is 23.2 Å². The molecule has 0 radical (unpaired) electrons. The summed E-state index contributed by atoms with van der Waals surface area (Å²) in [5, 5.41) is 11.8. The third-order valence-corrected chi connectivity index (χ3v) is 4.49. The number of methoxy groups -OCH3 is 1. The second-order valence-electron chi connectivity index (χ2n) is 6.78. The van der Waals surface area contributed by atoms with Crippen LogP contribution >= 0.6 is 0 Å². The highest BCUT2D eigenvalue weighted by Crippen LogP contribution is 2.30. The minimum atomic E-state index is -0.468. The van der Waals surface area contributed by atoms with Gasteiger partial charge in [0.2, 0.25) is 5.91 Å². The summed E-state index contributed by atoms with van der Waals surface area (Å²) < 4.78 is 11.4. The van der Waals surface area contributed by atoms with Gasteiger partial charge in [-0.05, 0) is 32.3 Å². The first-order valence-electron chi connectivity index (χ1n) is 9.11. The van der Waals surface area contributed by atoms with Gasteiger partial charge in [0, 0.05) is 44.6 Å². The van der Waals surface area contributed by atoms with Gasteiger partial charge < -0.3 is 29.7 Å². The van der Waals surface area contributed by atoms with Crippen molar-refractivity contribution in [2.75, 3.05) is 54.0 Å². The van der Waals surface area contributed by atoms with Crippen molar-refractivity contribution in [2.24, 2.45) is 0 Å². The Morgan fingerprint density at radius 3 is 2.56 bits per heavy atom. The Bertz CT molecular complexity index is 642. The normalized spacial score (nSPS) is 14.9. The molecule has 8 nitrogen and oxygen atoms in total. The first-order valence-corrected chi connectivity index (χ1v) is 9.11. The molecule has 0 spiro atoms. The molecular formula is C19H29N3O5. The third-order valence-electron chi connectivity index (χ3n) is 4.49. The first-order chi connectivity index (χ1) is 12.9. The van der Waals surface area contributed by atoms with Crippen LogP contribution in [0.4, 0.5) is 0 Å². The summed E-state index contributed by atoms with van der Waals surface area (Å²) in [4.78, 5) is 27.5. The van der Waals surface area contributed by atoms with E-state index in [4.69, 9.17) is 14.6 Å². The molecule has 1 heterocycles. The highest BCUT2D eigenvalue weighted by molar-refractivity contribution is 5.94. The van der Waals surface area contributed by atoms with E-state index in [1.807, 2.05) is 19.0 Å². The van der Waals surface area contributed by atoms with Crippen LogP contribution < -0.4 is 14.8 Å². The zero-order chi connectivity index (χ0) is 19.8. The number of likely N-dealkylation sites (tertiary alicyclic amines) is 1. The van der Waals surface area contributed by atoms with E-state index < -0.39 is 6.61 Å². The molecule has 27 heavy (non-hydrogen) atoms. The molecule has 1 aromatic carbocycles. The number of benzene rings is 1. The molecule has 0 aliphatic carbocycles. The van der Waals surface area contributed by atoms with Gasteiger partial charge in [-0.25, -0.2) is 0 Å². The average molecular weight is 379 g/mol. The smallest absolute Gasteiger partial charge is 0.251 e. The van der Waals surface area contributed by atoms with Gasteiger partial charge >= 0.3 is 0 Å². The van der Waals surface area contributed by atoms with Gasteiger partial charge in [0.1, 0.15) is 12.7 Å². The average Bonchev–Trinajstić information content (AvgIpc) is 2.67. The molecule has 0 bridgehead atoms. The number of nitrogens with one attached hydrogen (secondary N) is 1. The van der Waals surface area contributed by atoms with Crippen LogP contribution in [0.3, 0.4) is 0 Å². The predicted octanol–water partition coefficient (Wildman–Crippen LogP) is 0.349. The van der Waals surface area contributed by atoms with Crippen molar-refractivity contribution < 1.29 is 24.2 Å². The lowest BCUT2D eigenvalue weighted by molar-refractivity contribution is -0.135. The highest BCUT2D eigenvalue weighted by Gasteiger charge is 2.24. The summed E-state index contributed by atoms with van der Waals surface area (Å²) in [6.45, 7) is 1.93. The van der Waals surface area contributed by atoms with E-state index in [2.05, 4.69) is 5.32 Å². The van der Waals surface area contributed by atoms with E-state index in [0.29, 0.717) is 49.5 Å². The van der Waals surface area contributed by atoms with Crippen LogP contribution in [0.2, 0.25) is 0 Å². The number of aliphatic hydroxyl groups is 1. The Labute approximate surface area is 160 Å². The zero-order valence-electron chi connectivity index (χ0n) is 16.2. The molecule has 150 valence electrons. The maximum atomic E-state index is 12.3. The van der Waals surface area contributed by atoms with Crippen LogP contribution in [0.5, 0.6) is 11.5 Å². The number of rotatable bonds is 8. The Hall–Kier alpha value is -2.32. The van der Waals surface area contributed by atoms with Crippen molar-refractivity contribution in [3.8, 4) is 11.5 Å². The quantitative estimate of drug-likeness (QED) is 0.677. The molecule has 2 N–H and O–H groups in total. The first kappa shape index (κ1) is 21.0. The summed E-state index contributed by atoms with van der Waals surface area (Å²) in [5.41, 5.74) is 0.512. The molecule has 1 aliphatic heterocycles. The van der Waals surface area contributed by atoms with Crippen molar-refractivity contribution in [1.82, 2.24) is 15.1 Å². The number of carbonyl (C=O) groups excluding carboxylic acids is 2. The number of hydrogen-bond acceptors (Lipinski definition) is 6. The van der Waals surface area contributed by atoms with Gasteiger partial charge in [0.25, 0.3) is 5.91 Å². The predicted molar refractivity (Wildman–Crippen MR) is 101 cm³/mol. The number of piperidine rings is 1. The standard InChI is InChI=1S/C19H29N3O5/c1-21(2)11-8-20-19(25)14-4-5-16(26-3)17(12-14)27-15-6-9-22(10-7-15)18(24)13-23/h4-5,12,15,23H,6-11,13H2,1-3H3,(H,20,25). The number of amides is 2. The number of nitrogens with zero attached hydrogens (tertiary/aromatic N) is 2. The minimum Gasteiger partial charge on any atom is -0.493 e. The summed E-state index contributed by atoms with van der Waals surface area (Å²) in [7, 11) is 5.46. The van der Waals surface area contributed by atoms with Crippen LogP contribution in [0, 0.1) is 0 Å². The van der Waals surface area contributed by atoms with Crippen molar-refractivity contribution >= 4 is 11.8 Å². The molecule has 8 heteroatoms. The van der Waals surface area contributed by atoms with Crippen molar-refractivity contribution in [2.45, 2.75) is 18.9 Å². The fourth-order valence-corrected chi connectivity index (χ4v) is 2.91. The SMILES string of the molecule is COc1ccc(C(=O)NCCN(C)C)cc1OC1CCN(C(=O)CO)CC1. The fraction of sp³-hybridized carbons (Fsp3) is 0.579. The molecular weight excluding hydrogens is 350 g/mol. The summed E-state index contributed by atoms with van der Waals surface area (Å²) in [6.07, 6.45) is 1.25. The van der Waals surface area contributed by atoms with Crippen molar-refractivity contribution in [3.05, 3.63) is 23.8 Å². The molecule has 1 aliphatic rings. The lowest BCUT2D eigenvalue weighted by atomic mass is 10.1. The van der Waals surface area contributed by atoms with Gasteiger partial charge in [-0.2, -0.15) is 0 Å². The topological polar surface area (TPSA) is 91.3 Å². The highest BCUT2D eigenvalue weighted by atomic mass is 16.5. The molecule has 1 saturated heterocycles. The Morgan fingerprint density at radius 1 is 1.26 bits per heavy atom. The molecule has 2 amide bonds. The molecule has 0 atom stereocenters. The Morgan fingerprint density at radius 2 is 1.96 bits per heavy atom. The molecule has 0 unspecified atom stereocenters. The van der Waals surface area contributed by atoms with E-state index in [0.717, 1.165) is 6.54 Å². The van der Waals surface area contributed by atoms with Gasteiger partial charge in [-0.1, -0.05) is 0 Å². The van der Waals surface area contributed by atoms with Gasteiger partial charge in [-0.3, -0.25) is 9.59 Å². The van der Waals surface area contributed by atoms with E-state index >= 15 is 0 Å². The number of likely N-dealkylation sites (N-methyl/N-ethyl adjacent to an activating group) is 1. The van der Waals surface area contributed by atoms with Gasteiger partial charge in [-0.15, -0.1) is 0 Å². The number of hydrogen-bond donors (Lipinski definition) is 2. The van der Waals surface area contributed by atoms with E-state index in [1.54, 1.807) is 30.2 Å². The van der Waals surface area contributed by atoms with Gasteiger partial charge in [0.15, 0.2) is 11.5 Å². The third kappa shape index (κ3) is 6.11. The maximum Gasteiger partial charge on any atom is 0.251 e. The second-order valence-corrected chi connectivity index (χ2v) is 6.78. The number of carbonyl (C=O) groups is 2. The minimum absolute atomic E-state index is 0.0753. The Kier molecular flexibility index (Phi) is 7.87. The van der Waals surface area contributed by atoms with Crippen LogP contribution in [-0.4, -0.2) is 86.8 Å². The monoisotopic (exact) mass is 379 g/mol. The summed E-state index contributed by atoms with van der Waals surface area (Å²) in [5.74, 6) is 0.661.